The number of pyridine rings is 1. The lowest BCUT2D eigenvalue weighted by atomic mass is 10.3. The Bertz CT molecular complexity index is 488. The summed E-state index contributed by atoms with van der Waals surface area (Å²) in [6.07, 6.45) is 1.69. The van der Waals surface area contributed by atoms with Crippen molar-refractivity contribution >= 4 is 15.9 Å². The van der Waals surface area contributed by atoms with Crippen LogP contribution < -0.4 is 10.5 Å². The average Bonchev–Trinajstić information content (AvgIpc) is 2.32. The van der Waals surface area contributed by atoms with Crippen molar-refractivity contribution in [3.8, 4) is 11.5 Å². The predicted molar refractivity (Wildman–Crippen MR) is 66.3 cm³/mol. The first-order valence-electron chi connectivity index (χ1n) is 4.87. The Labute approximate surface area is 102 Å². The van der Waals surface area contributed by atoms with E-state index in [1.165, 1.54) is 0 Å². The molecule has 0 spiro atoms. The number of halogens is 1. The van der Waals surface area contributed by atoms with Crippen LogP contribution in [0.4, 0.5) is 0 Å². The van der Waals surface area contributed by atoms with E-state index in [-0.39, 0.29) is 0 Å². The highest BCUT2D eigenvalue weighted by atomic mass is 79.9. The number of ether oxygens (including phenoxy) is 1. The molecular formula is C12H11BrN2O. The van der Waals surface area contributed by atoms with E-state index in [2.05, 4.69) is 20.9 Å². The standard InChI is InChI=1S/C12H11BrN2O/c13-11-3-1-2-4-12(11)16-10-5-6-15-9(7-10)8-14/h1-7H,8,14H2. The number of aromatic nitrogens is 1. The zero-order chi connectivity index (χ0) is 11.4. The third-order valence-corrected chi connectivity index (χ3v) is 2.72. The molecule has 0 saturated heterocycles. The number of para-hydroxylation sites is 1. The Hall–Kier alpha value is -1.39. The average molecular weight is 279 g/mol. The SMILES string of the molecule is NCc1cc(Oc2ccccc2Br)ccn1. The van der Waals surface area contributed by atoms with Crippen molar-refractivity contribution < 1.29 is 4.74 Å². The molecule has 1 aromatic heterocycles. The zero-order valence-electron chi connectivity index (χ0n) is 8.56. The summed E-state index contributed by atoms with van der Waals surface area (Å²) in [5, 5.41) is 0. The van der Waals surface area contributed by atoms with Crippen molar-refractivity contribution in [2.75, 3.05) is 0 Å². The van der Waals surface area contributed by atoms with Gasteiger partial charge in [0.1, 0.15) is 11.5 Å². The van der Waals surface area contributed by atoms with E-state index in [9.17, 15) is 0 Å². The molecule has 16 heavy (non-hydrogen) atoms. The fraction of sp³-hybridized carbons (Fsp3) is 0.0833. The van der Waals surface area contributed by atoms with Crippen LogP contribution in [0.1, 0.15) is 5.69 Å². The van der Waals surface area contributed by atoms with Gasteiger partial charge in [0.25, 0.3) is 0 Å². The summed E-state index contributed by atoms with van der Waals surface area (Å²) < 4.78 is 6.63. The molecule has 1 heterocycles. The zero-order valence-corrected chi connectivity index (χ0v) is 10.1. The minimum atomic E-state index is 0.410. The highest BCUT2D eigenvalue weighted by Crippen LogP contribution is 2.28. The van der Waals surface area contributed by atoms with Crippen LogP contribution in [0, 0.1) is 0 Å². The Balaban J connectivity index is 2.24. The number of nitrogens with two attached hydrogens (primary N) is 1. The van der Waals surface area contributed by atoms with Crippen LogP contribution in [0.2, 0.25) is 0 Å². The molecule has 0 aliphatic rings. The van der Waals surface area contributed by atoms with Crippen LogP contribution in [0.3, 0.4) is 0 Å². The van der Waals surface area contributed by atoms with Crippen LogP contribution in [0.5, 0.6) is 11.5 Å². The normalized spacial score (nSPS) is 10.1. The summed E-state index contributed by atoms with van der Waals surface area (Å²) in [6.45, 7) is 0.410. The van der Waals surface area contributed by atoms with E-state index in [0.29, 0.717) is 6.54 Å². The van der Waals surface area contributed by atoms with Gasteiger partial charge in [-0.05, 0) is 34.1 Å². The number of benzene rings is 1. The van der Waals surface area contributed by atoms with Gasteiger partial charge in [-0.15, -0.1) is 0 Å². The molecule has 0 amide bonds. The van der Waals surface area contributed by atoms with E-state index in [4.69, 9.17) is 10.5 Å². The predicted octanol–water partition coefficient (Wildman–Crippen LogP) is 3.10. The van der Waals surface area contributed by atoms with Crippen molar-refractivity contribution in [1.82, 2.24) is 4.98 Å². The smallest absolute Gasteiger partial charge is 0.141 e. The summed E-state index contributed by atoms with van der Waals surface area (Å²) in [5.41, 5.74) is 6.32. The van der Waals surface area contributed by atoms with Crippen LogP contribution >= 0.6 is 15.9 Å². The molecule has 0 fully saturated rings. The lowest BCUT2D eigenvalue weighted by molar-refractivity contribution is 0.478. The molecule has 0 atom stereocenters. The van der Waals surface area contributed by atoms with E-state index in [1.54, 1.807) is 12.3 Å². The van der Waals surface area contributed by atoms with Gasteiger partial charge in [0, 0.05) is 18.8 Å². The number of hydrogen-bond donors (Lipinski definition) is 1. The van der Waals surface area contributed by atoms with E-state index in [1.807, 2.05) is 30.3 Å². The molecule has 0 saturated carbocycles. The largest absolute Gasteiger partial charge is 0.456 e. The maximum absolute atomic E-state index is 5.71. The fourth-order valence-electron chi connectivity index (χ4n) is 1.29. The molecule has 0 aliphatic carbocycles. The summed E-state index contributed by atoms with van der Waals surface area (Å²) in [5.74, 6) is 1.51. The Morgan fingerprint density at radius 1 is 1.25 bits per heavy atom. The van der Waals surface area contributed by atoms with Gasteiger partial charge in [-0.1, -0.05) is 12.1 Å². The summed E-state index contributed by atoms with van der Waals surface area (Å²) >= 11 is 3.42. The minimum absolute atomic E-state index is 0.410. The van der Waals surface area contributed by atoms with Crippen LogP contribution in [-0.2, 0) is 6.54 Å². The Morgan fingerprint density at radius 2 is 2.06 bits per heavy atom. The van der Waals surface area contributed by atoms with Crippen molar-refractivity contribution in [3.05, 3.63) is 52.8 Å². The summed E-state index contributed by atoms with van der Waals surface area (Å²) in [6, 6.07) is 11.3. The molecule has 0 unspecified atom stereocenters. The lowest BCUT2D eigenvalue weighted by Crippen LogP contribution is -1.99. The van der Waals surface area contributed by atoms with E-state index < -0.39 is 0 Å². The Morgan fingerprint density at radius 3 is 2.81 bits per heavy atom. The molecule has 0 radical (unpaired) electrons. The van der Waals surface area contributed by atoms with Crippen LogP contribution in [0.15, 0.2) is 47.1 Å². The molecule has 0 bridgehead atoms. The molecule has 3 nitrogen and oxygen atoms in total. The van der Waals surface area contributed by atoms with Gasteiger partial charge < -0.3 is 10.5 Å². The second kappa shape index (κ2) is 5.09. The first-order chi connectivity index (χ1) is 7.79. The van der Waals surface area contributed by atoms with Gasteiger partial charge >= 0.3 is 0 Å². The van der Waals surface area contributed by atoms with E-state index >= 15 is 0 Å². The van der Waals surface area contributed by atoms with Crippen molar-refractivity contribution in [3.63, 3.8) is 0 Å². The van der Waals surface area contributed by atoms with Gasteiger partial charge in [-0.25, -0.2) is 0 Å². The monoisotopic (exact) mass is 278 g/mol. The molecule has 0 aliphatic heterocycles. The second-order valence-corrected chi connectivity index (χ2v) is 4.07. The highest BCUT2D eigenvalue weighted by molar-refractivity contribution is 9.10. The summed E-state index contributed by atoms with van der Waals surface area (Å²) in [4.78, 5) is 4.11. The molecular weight excluding hydrogens is 268 g/mol. The molecule has 1 aromatic carbocycles. The van der Waals surface area contributed by atoms with Crippen LogP contribution in [0.25, 0.3) is 0 Å². The van der Waals surface area contributed by atoms with Crippen molar-refractivity contribution in [2.45, 2.75) is 6.54 Å². The Kier molecular flexibility index (Phi) is 3.54. The van der Waals surface area contributed by atoms with Gasteiger partial charge in [0.2, 0.25) is 0 Å². The lowest BCUT2D eigenvalue weighted by Gasteiger charge is -2.07. The first kappa shape index (κ1) is 11.1. The van der Waals surface area contributed by atoms with Gasteiger partial charge in [0.05, 0.1) is 10.2 Å². The maximum Gasteiger partial charge on any atom is 0.141 e. The molecule has 2 aromatic rings. The number of nitrogens with zero attached hydrogens (tertiary/aromatic N) is 1. The third-order valence-electron chi connectivity index (χ3n) is 2.06. The molecule has 4 heteroatoms. The van der Waals surface area contributed by atoms with Crippen molar-refractivity contribution in [2.24, 2.45) is 5.73 Å². The number of rotatable bonds is 3. The van der Waals surface area contributed by atoms with Gasteiger partial charge in [-0.3, -0.25) is 4.98 Å². The third kappa shape index (κ3) is 2.59. The highest BCUT2D eigenvalue weighted by Gasteiger charge is 2.02. The topological polar surface area (TPSA) is 48.1 Å². The minimum Gasteiger partial charge on any atom is -0.456 e. The molecule has 2 rings (SSSR count). The first-order valence-corrected chi connectivity index (χ1v) is 5.66. The summed E-state index contributed by atoms with van der Waals surface area (Å²) in [7, 11) is 0. The van der Waals surface area contributed by atoms with E-state index in [0.717, 1.165) is 21.7 Å². The maximum atomic E-state index is 5.71. The molecule has 82 valence electrons. The quantitative estimate of drug-likeness (QED) is 0.939. The van der Waals surface area contributed by atoms with Crippen LogP contribution in [-0.4, -0.2) is 4.98 Å². The molecule has 2 N–H and O–H groups in total. The van der Waals surface area contributed by atoms with Gasteiger partial charge in [0.15, 0.2) is 0 Å². The second-order valence-electron chi connectivity index (χ2n) is 3.22. The fourth-order valence-corrected chi connectivity index (χ4v) is 1.65. The van der Waals surface area contributed by atoms with Crippen molar-refractivity contribution in [1.29, 1.82) is 0 Å². The number of hydrogen-bond acceptors (Lipinski definition) is 3. The van der Waals surface area contributed by atoms with Gasteiger partial charge in [-0.2, -0.15) is 0 Å².